The maximum absolute atomic E-state index is 13.1. The molecule has 2 aliphatic carbocycles. The minimum atomic E-state index is 0.181. The fourth-order valence-electron chi connectivity index (χ4n) is 4.34. The Morgan fingerprint density at radius 1 is 1.22 bits per heavy atom. The van der Waals surface area contributed by atoms with E-state index in [1.807, 2.05) is 0 Å². The van der Waals surface area contributed by atoms with Gasteiger partial charge in [0.25, 0.3) is 0 Å². The molecule has 130 valence electrons. The molecule has 5 heteroatoms. The molecule has 0 unspecified atom stereocenters. The summed E-state index contributed by atoms with van der Waals surface area (Å²) in [5.41, 5.74) is 0.279. The van der Waals surface area contributed by atoms with Crippen LogP contribution in [0.5, 0.6) is 0 Å². The molecule has 2 saturated heterocycles. The Morgan fingerprint density at radius 2 is 2.00 bits per heavy atom. The third-order valence-electron chi connectivity index (χ3n) is 6.23. The molecule has 0 aromatic rings. The summed E-state index contributed by atoms with van der Waals surface area (Å²) in [5, 5.41) is 0. The normalized spacial score (nSPS) is 33.6. The first-order chi connectivity index (χ1) is 11.2. The summed E-state index contributed by atoms with van der Waals surface area (Å²) < 4.78 is 11.4. The molecule has 4 fully saturated rings. The third kappa shape index (κ3) is 3.57. The van der Waals surface area contributed by atoms with E-state index >= 15 is 0 Å². The van der Waals surface area contributed by atoms with Gasteiger partial charge in [0.15, 0.2) is 0 Å². The van der Waals surface area contributed by atoms with E-state index in [0.717, 1.165) is 71.2 Å². The van der Waals surface area contributed by atoms with Crippen LogP contribution in [0.15, 0.2) is 0 Å². The minimum absolute atomic E-state index is 0.181. The molecule has 0 bridgehead atoms. The van der Waals surface area contributed by atoms with Crippen molar-refractivity contribution in [2.45, 2.75) is 38.2 Å². The lowest BCUT2D eigenvalue weighted by Gasteiger charge is -2.34. The smallest absolute Gasteiger partial charge is 0.226 e. The monoisotopic (exact) mass is 322 g/mol. The van der Waals surface area contributed by atoms with E-state index in [9.17, 15) is 4.79 Å². The molecule has 0 N–H and O–H groups in total. The third-order valence-corrected chi connectivity index (χ3v) is 6.23. The second kappa shape index (κ2) is 6.34. The molecule has 1 spiro atoms. The van der Waals surface area contributed by atoms with E-state index in [0.29, 0.717) is 5.91 Å². The van der Waals surface area contributed by atoms with Gasteiger partial charge < -0.3 is 19.3 Å². The van der Waals surface area contributed by atoms with Crippen LogP contribution in [0.25, 0.3) is 0 Å². The van der Waals surface area contributed by atoms with E-state index in [1.54, 1.807) is 0 Å². The number of nitrogens with zero attached hydrogens (tertiary/aromatic N) is 2. The quantitative estimate of drug-likeness (QED) is 0.767. The van der Waals surface area contributed by atoms with Crippen LogP contribution in [0, 0.1) is 17.3 Å². The van der Waals surface area contributed by atoms with Crippen molar-refractivity contribution in [1.82, 2.24) is 9.80 Å². The van der Waals surface area contributed by atoms with Gasteiger partial charge in [-0.15, -0.1) is 0 Å². The average molecular weight is 322 g/mol. The van der Waals surface area contributed by atoms with Crippen LogP contribution in [0.3, 0.4) is 0 Å². The van der Waals surface area contributed by atoms with Gasteiger partial charge in [0.05, 0.1) is 12.7 Å². The standard InChI is InChI=1S/C18H30N2O3/c1-19-6-9-23-15(12-19)13-20(11-14-2-3-14)17(21)16-10-18(16)4-7-22-8-5-18/h14-16H,2-13H2,1H3/t15-,16+/m0/s1. The highest BCUT2D eigenvalue weighted by Gasteiger charge is 2.59. The first-order valence-corrected chi connectivity index (χ1v) is 9.33. The Bertz CT molecular complexity index is 446. The summed E-state index contributed by atoms with van der Waals surface area (Å²) in [5.74, 6) is 1.40. The Morgan fingerprint density at radius 3 is 2.70 bits per heavy atom. The predicted octanol–water partition coefficient (Wildman–Crippen LogP) is 1.37. The molecule has 5 nitrogen and oxygen atoms in total. The van der Waals surface area contributed by atoms with E-state index in [4.69, 9.17) is 9.47 Å². The van der Waals surface area contributed by atoms with Crippen molar-refractivity contribution >= 4 is 5.91 Å². The van der Waals surface area contributed by atoms with E-state index in [2.05, 4.69) is 16.8 Å². The number of rotatable bonds is 5. The molecule has 2 aliphatic heterocycles. The zero-order valence-corrected chi connectivity index (χ0v) is 14.3. The molecule has 0 radical (unpaired) electrons. The average Bonchev–Trinajstić information content (AvgIpc) is 3.46. The number of morpholine rings is 1. The van der Waals surface area contributed by atoms with Crippen molar-refractivity contribution < 1.29 is 14.3 Å². The van der Waals surface area contributed by atoms with Crippen molar-refractivity contribution in [2.75, 3.05) is 53.0 Å². The van der Waals surface area contributed by atoms with Gasteiger partial charge in [0.2, 0.25) is 5.91 Å². The number of hydrogen-bond acceptors (Lipinski definition) is 4. The first-order valence-electron chi connectivity index (χ1n) is 9.33. The van der Waals surface area contributed by atoms with Gasteiger partial charge in [-0.2, -0.15) is 0 Å². The van der Waals surface area contributed by atoms with Crippen LogP contribution in [-0.2, 0) is 14.3 Å². The number of amides is 1. The highest BCUT2D eigenvalue weighted by atomic mass is 16.5. The molecule has 4 aliphatic rings. The number of ether oxygens (including phenoxy) is 2. The summed E-state index contributed by atoms with van der Waals surface area (Å²) in [6.07, 6.45) is 5.99. The lowest BCUT2D eigenvalue weighted by molar-refractivity contribution is -0.137. The van der Waals surface area contributed by atoms with Crippen molar-refractivity contribution in [3.63, 3.8) is 0 Å². The van der Waals surface area contributed by atoms with Crippen LogP contribution in [0.4, 0.5) is 0 Å². The molecule has 2 saturated carbocycles. The molecular formula is C18H30N2O3. The Balaban J connectivity index is 1.38. The van der Waals surface area contributed by atoms with Crippen LogP contribution < -0.4 is 0 Å². The molecule has 1 amide bonds. The number of likely N-dealkylation sites (N-methyl/N-ethyl adjacent to an activating group) is 1. The molecule has 0 aromatic heterocycles. The Kier molecular flexibility index (Phi) is 4.37. The summed E-state index contributed by atoms with van der Waals surface area (Å²) in [6.45, 7) is 6.13. The lowest BCUT2D eigenvalue weighted by atomic mass is 9.93. The summed E-state index contributed by atoms with van der Waals surface area (Å²) >= 11 is 0. The number of carbonyl (C=O) groups is 1. The van der Waals surface area contributed by atoms with Gasteiger partial charge in [0, 0.05) is 45.3 Å². The predicted molar refractivity (Wildman–Crippen MR) is 87.1 cm³/mol. The zero-order valence-electron chi connectivity index (χ0n) is 14.3. The zero-order chi connectivity index (χ0) is 15.9. The van der Waals surface area contributed by atoms with E-state index < -0.39 is 0 Å². The topological polar surface area (TPSA) is 42.0 Å². The number of carbonyl (C=O) groups excluding carboxylic acids is 1. The van der Waals surface area contributed by atoms with Gasteiger partial charge in [-0.3, -0.25) is 4.79 Å². The SMILES string of the molecule is CN1CCO[C@H](CN(CC2CC2)C(=O)[C@H]2CC23CCOCC3)C1. The fourth-order valence-corrected chi connectivity index (χ4v) is 4.34. The van der Waals surface area contributed by atoms with Gasteiger partial charge in [-0.1, -0.05) is 0 Å². The van der Waals surface area contributed by atoms with Crippen LogP contribution in [-0.4, -0.2) is 74.9 Å². The van der Waals surface area contributed by atoms with Gasteiger partial charge in [-0.05, 0) is 50.5 Å². The molecule has 4 rings (SSSR count). The molecule has 2 atom stereocenters. The second-order valence-corrected chi connectivity index (χ2v) is 8.17. The van der Waals surface area contributed by atoms with Gasteiger partial charge >= 0.3 is 0 Å². The van der Waals surface area contributed by atoms with Crippen LogP contribution in [0.1, 0.15) is 32.1 Å². The largest absolute Gasteiger partial charge is 0.381 e. The number of hydrogen-bond donors (Lipinski definition) is 0. The molecular weight excluding hydrogens is 292 g/mol. The minimum Gasteiger partial charge on any atom is -0.381 e. The molecule has 0 aromatic carbocycles. The summed E-state index contributed by atoms with van der Waals surface area (Å²) in [7, 11) is 2.14. The first kappa shape index (κ1) is 15.9. The molecule has 2 heterocycles. The maximum atomic E-state index is 13.1. The van der Waals surface area contributed by atoms with Crippen LogP contribution in [0.2, 0.25) is 0 Å². The Hall–Kier alpha value is -0.650. The second-order valence-electron chi connectivity index (χ2n) is 8.17. The Labute approximate surface area is 139 Å². The van der Waals surface area contributed by atoms with Crippen molar-refractivity contribution in [2.24, 2.45) is 17.3 Å². The highest BCUT2D eigenvalue weighted by molar-refractivity contribution is 5.82. The fraction of sp³-hybridized carbons (Fsp3) is 0.944. The highest BCUT2D eigenvalue weighted by Crippen LogP contribution is 2.59. The van der Waals surface area contributed by atoms with E-state index in [-0.39, 0.29) is 17.4 Å². The van der Waals surface area contributed by atoms with Crippen molar-refractivity contribution in [3.8, 4) is 0 Å². The van der Waals surface area contributed by atoms with Gasteiger partial charge in [0.1, 0.15) is 0 Å². The van der Waals surface area contributed by atoms with E-state index in [1.165, 1.54) is 12.8 Å². The summed E-state index contributed by atoms with van der Waals surface area (Å²) in [4.78, 5) is 17.6. The lowest BCUT2D eigenvalue weighted by Crippen LogP contribution is -2.48. The van der Waals surface area contributed by atoms with Crippen molar-refractivity contribution in [3.05, 3.63) is 0 Å². The van der Waals surface area contributed by atoms with Crippen molar-refractivity contribution in [1.29, 1.82) is 0 Å². The molecule has 23 heavy (non-hydrogen) atoms. The van der Waals surface area contributed by atoms with Gasteiger partial charge in [-0.25, -0.2) is 0 Å². The van der Waals surface area contributed by atoms with Crippen LogP contribution >= 0.6 is 0 Å². The summed E-state index contributed by atoms with van der Waals surface area (Å²) in [6, 6.07) is 0. The maximum Gasteiger partial charge on any atom is 0.226 e.